The van der Waals surface area contributed by atoms with E-state index in [0.717, 1.165) is 27.8 Å². The van der Waals surface area contributed by atoms with Gasteiger partial charge in [0, 0.05) is 23.5 Å². The number of rotatable bonds is 5. The van der Waals surface area contributed by atoms with Crippen molar-refractivity contribution in [2.75, 3.05) is 10.2 Å². The van der Waals surface area contributed by atoms with Crippen molar-refractivity contribution < 1.29 is 9.18 Å². The Balaban J connectivity index is 1.45. The van der Waals surface area contributed by atoms with E-state index >= 15 is 0 Å². The molecule has 2 aromatic heterocycles. The average molecular weight is 493 g/mol. The zero-order valence-corrected chi connectivity index (χ0v) is 20.4. The standard InChI is InChI=1S/C29H25FN6O/c1-29(2)26(34-28-31-15-6-16-32-28)25(19-7-4-3-5-8-19)35(27(29)37)23-13-14-24-20(17-23)18-33-36(24)22-11-9-21(30)10-12-22/h3-18,25-26H,1-2H3,(H,31,32,34)/t25?,26-/m1/s1. The summed E-state index contributed by atoms with van der Waals surface area (Å²) >= 11 is 0. The molecule has 1 fully saturated rings. The number of aromatic nitrogens is 4. The molecular formula is C29H25FN6O. The quantitative estimate of drug-likeness (QED) is 0.348. The monoisotopic (exact) mass is 492 g/mol. The molecule has 0 saturated carbocycles. The van der Waals surface area contributed by atoms with Crippen molar-refractivity contribution in [3.63, 3.8) is 0 Å². The molecule has 37 heavy (non-hydrogen) atoms. The number of hydrogen-bond acceptors (Lipinski definition) is 5. The summed E-state index contributed by atoms with van der Waals surface area (Å²) in [6, 6.07) is 23.3. The van der Waals surface area contributed by atoms with Gasteiger partial charge in [-0.2, -0.15) is 5.10 Å². The van der Waals surface area contributed by atoms with Gasteiger partial charge in [0.15, 0.2) is 0 Å². The van der Waals surface area contributed by atoms with Crippen molar-refractivity contribution in [1.29, 1.82) is 0 Å². The van der Waals surface area contributed by atoms with Crippen LogP contribution in [-0.2, 0) is 4.79 Å². The fourth-order valence-electron chi connectivity index (χ4n) is 5.11. The molecule has 3 heterocycles. The predicted octanol–water partition coefficient (Wildman–Crippen LogP) is 5.55. The number of fused-ring (bicyclic) bond motifs is 1. The first-order valence-corrected chi connectivity index (χ1v) is 12.1. The van der Waals surface area contributed by atoms with Gasteiger partial charge in [0.05, 0.1) is 34.9 Å². The zero-order valence-electron chi connectivity index (χ0n) is 20.4. The van der Waals surface area contributed by atoms with Crippen LogP contribution in [-0.4, -0.2) is 31.7 Å². The Kier molecular flexibility index (Phi) is 5.44. The van der Waals surface area contributed by atoms with Crippen LogP contribution < -0.4 is 10.2 Å². The maximum atomic E-state index is 14.0. The molecule has 1 unspecified atom stereocenters. The molecule has 0 bridgehead atoms. The number of carbonyl (C=O) groups excluding carboxylic acids is 1. The maximum absolute atomic E-state index is 14.0. The highest BCUT2D eigenvalue weighted by Crippen LogP contribution is 2.47. The van der Waals surface area contributed by atoms with Crippen molar-refractivity contribution in [2.45, 2.75) is 25.9 Å². The van der Waals surface area contributed by atoms with Crippen LogP contribution in [0, 0.1) is 11.2 Å². The summed E-state index contributed by atoms with van der Waals surface area (Å²) in [7, 11) is 0. The summed E-state index contributed by atoms with van der Waals surface area (Å²) in [5.41, 5.74) is 2.67. The minimum atomic E-state index is -0.743. The number of nitrogens with zero attached hydrogens (tertiary/aromatic N) is 5. The lowest BCUT2D eigenvalue weighted by Gasteiger charge is -2.30. The van der Waals surface area contributed by atoms with Gasteiger partial charge in [0.25, 0.3) is 0 Å². The molecule has 5 aromatic rings. The van der Waals surface area contributed by atoms with Crippen LogP contribution in [0.2, 0.25) is 0 Å². The summed E-state index contributed by atoms with van der Waals surface area (Å²) in [6.07, 6.45) is 5.13. The van der Waals surface area contributed by atoms with Crippen LogP contribution in [0.15, 0.2) is 97.5 Å². The molecule has 7 nitrogen and oxygen atoms in total. The van der Waals surface area contributed by atoms with Gasteiger partial charge in [-0.15, -0.1) is 0 Å². The molecule has 8 heteroatoms. The van der Waals surface area contributed by atoms with Crippen LogP contribution in [0.5, 0.6) is 0 Å². The number of halogens is 1. The Morgan fingerprint density at radius 3 is 2.32 bits per heavy atom. The molecule has 2 atom stereocenters. The van der Waals surface area contributed by atoms with E-state index in [2.05, 4.69) is 20.4 Å². The van der Waals surface area contributed by atoms with E-state index < -0.39 is 5.41 Å². The predicted molar refractivity (Wildman–Crippen MR) is 141 cm³/mol. The third-order valence-corrected chi connectivity index (χ3v) is 7.03. The van der Waals surface area contributed by atoms with E-state index in [1.807, 2.05) is 67.3 Å². The van der Waals surface area contributed by atoms with Crippen molar-refractivity contribution in [2.24, 2.45) is 5.41 Å². The minimum Gasteiger partial charge on any atom is -0.348 e. The molecule has 1 saturated heterocycles. The average Bonchev–Trinajstić information content (AvgIpc) is 3.42. The number of nitrogens with one attached hydrogen (secondary N) is 1. The SMILES string of the molecule is CC1(C)C(=O)N(c2ccc3c(cnn3-c3ccc(F)cc3)c2)C(c2ccccc2)[C@H]1Nc1ncccn1. The molecule has 0 radical (unpaired) electrons. The molecule has 1 N–H and O–H groups in total. The lowest BCUT2D eigenvalue weighted by atomic mass is 9.82. The molecular weight excluding hydrogens is 467 g/mol. The van der Waals surface area contributed by atoms with Gasteiger partial charge >= 0.3 is 0 Å². The first kappa shape index (κ1) is 22.8. The zero-order chi connectivity index (χ0) is 25.6. The first-order valence-electron chi connectivity index (χ1n) is 12.1. The van der Waals surface area contributed by atoms with E-state index in [1.165, 1.54) is 12.1 Å². The number of hydrogen-bond donors (Lipinski definition) is 1. The summed E-state index contributed by atoms with van der Waals surface area (Å²) in [4.78, 5) is 24.6. The van der Waals surface area contributed by atoms with E-state index in [0.29, 0.717) is 5.95 Å². The van der Waals surface area contributed by atoms with E-state index in [-0.39, 0.29) is 23.8 Å². The number of benzene rings is 3. The van der Waals surface area contributed by atoms with Crippen molar-refractivity contribution in [3.05, 3.63) is 109 Å². The van der Waals surface area contributed by atoms with Crippen LogP contribution >= 0.6 is 0 Å². The Labute approximate surface area is 213 Å². The number of anilines is 2. The molecule has 3 aromatic carbocycles. The topological polar surface area (TPSA) is 75.9 Å². The second-order valence-electron chi connectivity index (χ2n) is 9.72. The fraction of sp³-hybridized carbons (Fsp3) is 0.172. The lowest BCUT2D eigenvalue weighted by Crippen LogP contribution is -2.38. The molecule has 1 aliphatic heterocycles. The number of amides is 1. The third-order valence-electron chi connectivity index (χ3n) is 7.03. The fourth-order valence-corrected chi connectivity index (χ4v) is 5.11. The third kappa shape index (κ3) is 3.91. The maximum Gasteiger partial charge on any atom is 0.235 e. The second-order valence-corrected chi connectivity index (χ2v) is 9.72. The highest BCUT2D eigenvalue weighted by molar-refractivity contribution is 6.03. The van der Waals surface area contributed by atoms with Crippen LogP contribution in [0.25, 0.3) is 16.6 Å². The molecule has 6 rings (SSSR count). The minimum absolute atomic E-state index is 0.0000561. The Hall–Kier alpha value is -4.59. The van der Waals surface area contributed by atoms with Crippen LogP contribution in [0.1, 0.15) is 25.5 Å². The van der Waals surface area contributed by atoms with Crippen molar-refractivity contribution in [3.8, 4) is 5.69 Å². The molecule has 0 aliphatic carbocycles. The van der Waals surface area contributed by atoms with E-state index in [4.69, 9.17) is 0 Å². The molecule has 0 spiro atoms. The Morgan fingerprint density at radius 1 is 0.892 bits per heavy atom. The van der Waals surface area contributed by atoms with Gasteiger partial charge in [-0.1, -0.05) is 30.3 Å². The van der Waals surface area contributed by atoms with Gasteiger partial charge in [-0.25, -0.2) is 19.0 Å². The highest BCUT2D eigenvalue weighted by Gasteiger charge is 2.55. The summed E-state index contributed by atoms with van der Waals surface area (Å²) in [5, 5.41) is 8.84. The second kappa shape index (κ2) is 8.81. The molecule has 1 aliphatic rings. The van der Waals surface area contributed by atoms with Gasteiger partial charge in [-0.3, -0.25) is 4.79 Å². The van der Waals surface area contributed by atoms with Crippen LogP contribution in [0.3, 0.4) is 0 Å². The van der Waals surface area contributed by atoms with E-state index in [1.54, 1.807) is 41.5 Å². The van der Waals surface area contributed by atoms with Crippen molar-refractivity contribution in [1.82, 2.24) is 19.7 Å². The van der Waals surface area contributed by atoms with Gasteiger partial charge in [-0.05, 0) is 67.9 Å². The summed E-state index contributed by atoms with van der Waals surface area (Å²) < 4.78 is 15.2. The van der Waals surface area contributed by atoms with E-state index in [9.17, 15) is 9.18 Å². The van der Waals surface area contributed by atoms with Gasteiger partial charge in [0.2, 0.25) is 11.9 Å². The molecule has 184 valence electrons. The highest BCUT2D eigenvalue weighted by atomic mass is 19.1. The number of carbonyl (C=O) groups is 1. The molecule has 1 amide bonds. The summed E-state index contributed by atoms with van der Waals surface area (Å²) in [6.45, 7) is 3.91. The van der Waals surface area contributed by atoms with Crippen molar-refractivity contribution >= 4 is 28.4 Å². The first-order chi connectivity index (χ1) is 17.9. The Bertz CT molecular complexity index is 1570. The smallest absolute Gasteiger partial charge is 0.235 e. The van der Waals surface area contributed by atoms with Gasteiger partial charge in [0.1, 0.15) is 5.82 Å². The Morgan fingerprint density at radius 2 is 1.59 bits per heavy atom. The largest absolute Gasteiger partial charge is 0.348 e. The summed E-state index contributed by atoms with van der Waals surface area (Å²) in [5.74, 6) is 0.181. The lowest BCUT2D eigenvalue weighted by molar-refractivity contribution is -0.124. The normalized spacial score (nSPS) is 18.9. The van der Waals surface area contributed by atoms with Crippen LogP contribution in [0.4, 0.5) is 16.0 Å². The van der Waals surface area contributed by atoms with Gasteiger partial charge < -0.3 is 10.2 Å².